The van der Waals surface area contributed by atoms with E-state index in [1.165, 1.54) is 0 Å². The average Bonchev–Trinajstić information content (AvgIpc) is 2.81. The van der Waals surface area contributed by atoms with E-state index >= 15 is 0 Å². The summed E-state index contributed by atoms with van der Waals surface area (Å²) in [6.45, 7) is 5.99. The van der Waals surface area contributed by atoms with Gasteiger partial charge in [-0.2, -0.15) is 4.98 Å². The molecule has 1 unspecified atom stereocenters. The van der Waals surface area contributed by atoms with Gasteiger partial charge in [0.2, 0.25) is 11.8 Å². The molecule has 0 fully saturated rings. The zero-order valence-electron chi connectivity index (χ0n) is 11.5. The van der Waals surface area contributed by atoms with Gasteiger partial charge < -0.3 is 14.5 Å². The molecule has 102 valence electrons. The molecule has 0 saturated heterocycles. The molecule has 2 rings (SSSR count). The highest BCUT2D eigenvalue weighted by Crippen LogP contribution is 2.12. The van der Waals surface area contributed by atoms with Crippen LogP contribution in [0.3, 0.4) is 0 Å². The van der Waals surface area contributed by atoms with Gasteiger partial charge in [-0.1, -0.05) is 0 Å². The number of ether oxygens (including phenoxy) is 1. The minimum Gasteiger partial charge on any atom is -0.475 e. The number of nitrogens with zero attached hydrogens (tertiary/aromatic N) is 2. The van der Waals surface area contributed by atoms with E-state index < -0.39 is 0 Å². The Bertz CT molecular complexity index is 497. The quantitative estimate of drug-likeness (QED) is 0.866. The molecule has 0 aromatic carbocycles. The summed E-state index contributed by atoms with van der Waals surface area (Å²) in [5, 5.41) is 3.23. The van der Waals surface area contributed by atoms with Crippen LogP contribution in [0.25, 0.3) is 0 Å². The maximum atomic E-state index is 5.53. The summed E-state index contributed by atoms with van der Waals surface area (Å²) in [7, 11) is 0. The smallest absolute Gasteiger partial charge is 0.226 e. The van der Waals surface area contributed by atoms with Crippen molar-refractivity contribution in [2.45, 2.75) is 39.3 Å². The third-order valence-electron chi connectivity index (χ3n) is 2.45. The standard InChI is InChI=1S/C14H19N3O2/c1-10(2)19-13-6-7-15-14(17-13)16-11(3)9-12-5-4-8-18-12/h4-8,10-11H,9H2,1-3H3,(H,15,16,17). The second kappa shape index (κ2) is 6.22. The highest BCUT2D eigenvalue weighted by molar-refractivity contribution is 5.29. The van der Waals surface area contributed by atoms with E-state index in [0.717, 1.165) is 12.2 Å². The Morgan fingerprint density at radius 2 is 2.16 bits per heavy atom. The molecule has 0 aliphatic heterocycles. The van der Waals surface area contributed by atoms with Crippen molar-refractivity contribution in [1.29, 1.82) is 0 Å². The van der Waals surface area contributed by atoms with Crippen molar-refractivity contribution in [2.75, 3.05) is 5.32 Å². The van der Waals surface area contributed by atoms with Gasteiger partial charge in [-0.05, 0) is 32.9 Å². The molecule has 0 radical (unpaired) electrons. The normalized spacial score (nSPS) is 12.4. The predicted octanol–water partition coefficient (Wildman–Crippen LogP) is 2.90. The Morgan fingerprint density at radius 3 is 2.84 bits per heavy atom. The maximum Gasteiger partial charge on any atom is 0.226 e. The van der Waals surface area contributed by atoms with Gasteiger partial charge in [0.1, 0.15) is 5.76 Å². The second-order valence-electron chi connectivity index (χ2n) is 4.71. The van der Waals surface area contributed by atoms with Crippen molar-refractivity contribution >= 4 is 5.95 Å². The van der Waals surface area contributed by atoms with Crippen LogP contribution in [0.1, 0.15) is 26.5 Å². The molecular formula is C14H19N3O2. The Balaban J connectivity index is 1.94. The third-order valence-corrected chi connectivity index (χ3v) is 2.45. The largest absolute Gasteiger partial charge is 0.475 e. The summed E-state index contributed by atoms with van der Waals surface area (Å²) in [6.07, 6.45) is 4.25. The zero-order chi connectivity index (χ0) is 13.7. The molecule has 2 heterocycles. The van der Waals surface area contributed by atoms with Gasteiger partial charge in [0.25, 0.3) is 0 Å². The maximum absolute atomic E-state index is 5.53. The molecule has 0 aliphatic rings. The summed E-state index contributed by atoms with van der Waals surface area (Å²) in [6, 6.07) is 5.77. The molecular weight excluding hydrogens is 242 g/mol. The molecule has 19 heavy (non-hydrogen) atoms. The van der Waals surface area contributed by atoms with E-state index in [-0.39, 0.29) is 12.1 Å². The first-order chi connectivity index (χ1) is 9.13. The second-order valence-corrected chi connectivity index (χ2v) is 4.71. The summed E-state index contributed by atoms with van der Waals surface area (Å²) < 4.78 is 10.8. The SMILES string of the molecule is CC(Cc1ccco1)Nc1nccc(OC(C)C)n1. The van der Waals surface area contributed by atoms with Crippen LogP contribution in [0.2, 0.25) is 0 Å². The van der Waals surface area contributed by atoms with Gasteiger partial charge in [0, 0.05) is 24.7 Å². The molecule has 0 bridgehead atoms. The molecule has 0 spiro atoms. The summed E-state index contributed by atoms with van der Waals surface area (Å²) in [4.78, 5) is 8.49. The van der Waals surface area contributed by atoms with Crippen LogP contribution in [-0.4, -0.2) is 22.1 Å². The number of hydrogen-bond donors (Lipinski definition) is 1. The van der Waals surface area contributed by atoms with Gasteiger partial charge in [-0.3, -0.25) is 0 Å². The molecule has 0 saturated carbocycles. The lowest BCUT2D eigenvalue weighted by Crippen LogP contribution is -2.19. The first-order valence-electron chi connectivity index (χ1n) is 6.42. The lowest BCUT2D eigenvalue weighted by Gasteiger charge is -2.14. The van der Waals surface area contributed by atoms with Crippen LogP contribution < -0.4 is 10.1 Å². The van der Waals surface area contributed by atoms with Gasteiger partial charge >= 0.3 is 0 Å². The van der Waals surface area contributed by atoms with Gasteiger partial charge in [0.15, 0.2) is 0 Å². The number of anilines is 1. The van der Waals surface area contributed by atoms with Gasteiger partial charge in [-0.25, -0.2) is 4.98 Å². The number of rotatable bonds is 6. The fourth-order valence-corrected chi connectivity index (χ4v) is 1.72. The number of nitrogens with one attached hydrogen (secondary N) is 1. The monoisotopic (exact) mass is 261 g/mol. The zero-order valence-corrected chi connectivity index (χ0v) is 11.5. The lowest BCUT2D eigenvalue weighted by molar-refractivity contribution is 0.232. The van der Waals surface area contributed by atoms with E-state index in [9.17, 15) is 0 Å². The van der Waals surface area contributed by atoms with Crippen LogP contribution >= 0.6 is 0 Å². The Morgan fingerprint density at radius 1 is 1.32 bits per heavy atom. The Hall–Kier alpha value is -2.04. The predicted molar refractivity (Wildman–Crippen MR) is 73.3 cm³/mol. The molecule has 2 aromatic rings. The van der Waals surface area contributed by atoms with Crippen LogP contribution in [0.15, 0.2) is 35.1 Å². The Kier molecular flexibility index (Phi) is 4.39. The molecule has 0 amide bonds. The molecule has 1 atom stereocenters. The highest BCUT2D eigenvalue weighted by atomic mass is 16.5. The number of hydrogen-bond acceptors (Lipinski definition) is 5. The summed E-state index contributed by atoms with van der Waals surface area (Å²) >= 11 is 0. The molecule has 0 aliphatic carbocycles. The van der Waals surface area contributed by atoms with E-state index in [1.54, 1.807) is 18.5 Å². The first-order valence-corrected chi connectivity index (χ1v) is 6.42. The lowest BCUT2D eigenvalue weighted by atomic mass is 10.2. The average molecular weight is 261 g/mol. The van der Waals surface area contributed by atoms with Crippen LogP contribution in [-0.2, 0) is 6.42 Å². The van der Waals surface area contributed by atoms with Crippen LogP contribution in [0.5, 0.6) is 5.88 Å². The van der Waals surface area contributed by atoms with Gasteiger partial charge in [0.05, 0.1) is 12.4 Å². The van der Waals surface area contributed by atoms with Gasteiger partial charge in [-0.15, -0.1) is 0 Å². The number of furan rings is 1. The minimum absolute atomic E-state index is 0.100. The minimum atomic E-state index is 0.100. The molecule has 5 heteroatoms. The summed E-state index contributed by atoms with van der Waals surface area (Å²) in [5.41, 5.74) is 0. The molecule has 5 nitrogen and oxygen atoms in total. The van der Waals surface area contributed by atoms with Crippen molar-refractivity contribution in [1.82, 2.24) is 9.97 Å². The van der Waals surface area contributed by atoms with Crippen molar-refractivity contribution in [2.24, 2.45) is 0 Å². The fraction of sp³-hybridized carbons (Fsp3) is 0.429. The van der Waals surface area contributed by atoms with E-state index in [0.29, 0.717) is 11.8 Å². The van der Waals surface area contributed by atoms with E-state index in [2.05, 4.69) is 22.2 Å². The topological polar surface area (TPSA) is 60.2 Å². The van der Waals surface area contributed by atoms with E-state index in [4.69, 9.17) is 9.15 Å². The Labute approximate surface area is 113 Å². The molecule has 1 N–H and O–H groups in total. The van der Waals surface area contributed by atoms with Crippen molar-refractivity contribution in [3.05, 3.63) is 36.4 Å². The van der Waals surface area contributed by atoms with E-state index in [1.807, 2.05) is 26.0 Å². The first kappa shape index (κ1) is 13.4. The van der Waals surface area contributed by atoms with Crippen molar-refractivity contribution in [3.8, 4) is 5.88 Å². The summed E-state index contributed by atoms with van der Waals surface area (Å²) in [5.74, 6) is 2.09. The van der Waals surface area contributed by atoms with Crippen LogP contribution in [0.4, 0.5) is 5.95 Å². The molecule has 2 aromatic heterocycles. The fourth-order valence-electron chi connectivity index (χ4n) is 1.72. The highest BCUT2D eigenvalue weighted by Gasteiger charge is 2.08. The third kappa shape index (κ3) is 4.28. The van der Waals surface area contributed by atoms with Crippen molar-refractivity contribution in [3.63, 3.8) is 0 Å². The van der Waals surface area contributed by atoms with Crippen molar-refractivity contribution < 1.29 is 9.15 Å². The number of aromatic nitrogens is 2. The van der Waals surface area contributed by atoms with Crippen LogP contribution in [0, 0.1) is 0 Å².